The fraction of sp³-hybridized carbons (Fsp3) is 0.654. The molecular weight excluding hydrogens is 537 g/mol. The Morgan fingerprint density at radius 2 is 1.84 bits per heavy atom. The first kappa shape index (κ1) is 27.5. The van der Waals surface area contributed by atoms with Crippen LogP contribution in [0.3, 0.4) is 0 Å². The third kappa shape index (κ3) is 5.91. The van der Waals surface area contributed by atoms with Gasteiger partial charge in [0.05, 0.1) is 26.7 Å². The maximum atomic E-state index is 13.3. The molecule has 0 saturated carbocycles. The van der Waals surface area contributed by atoms with Crippen LogP contribution in [0.15, 0.2) is 18.2 Å². The number of alkyl halides is 3. The highest BCUT2D eigenvalue weighted by molar-refractivity contribution is 7.99. The van der Waals surface area contributed by atoms with Crippen molar-refractivity contribution in [1.82, 2.24) is 19.7 Å². The van der Waals surface area contributed by atoms with Gasteiger partial charge in [-0.1, -0.05) is 0 Å². The fourth-order valence-corrected chi connectivity index (χ4v) is 7.51. The first-order valence-electron chi connectivity index (χ1n) is 13.0. The van der Waals surface area contributed by atoms with Crippen molar-refractivity contribution in [3.8, 4) is 0 Å². The van der Waals surface area contributed by atoms with E-state index in [1.54, 1.807) is 16.7 Å². The number of hydrogen-bond donors (Lipinski definition) is 0. The molecule has 5 rings (SSSR count). The van der Waals surface area contributed by atoms with Gasteiger partial charge < -0.3 is 9.64 Å². The van der Waals surface area contributed by atoms with Crippen LogP contribution in [-0.2, 0) is 15.7 Å². The number of thiazole rings is 1. The molecule has 3 aliphatic rings. The van der Waals surface area contributed by atoms with E-state index in [1.165, 1.54) is 17.4 Å². The van der Waals surface area contributed by atoms with Crippen molar-refractivity contribution in [1.29, 1.82) is 0 Å². The number of likely N-dealkylation sites (tertiary alicyclic amines) is 2. The van der Waals surface area contributed by atoms with Gasteiger partial charge in [-0.3, -0.25) is 14.6 Å². The Hall–Kier alpha value is -2.05. The van der Waals surface area contributed by atoms with Crippen LogP contribution in [0.1, 0.15) is 56.5 Å². The lowest BCUT2D eigenvalue weighted by atomic mass is 9.95. The van der Waals surface area contributed by atoms with E-state index in [4.69, 9.17) is 4.74 Å². The van der Waals surface area contributed by atoms with E-state index in [0.29, 0.717) is 30.9 Å². The van der Waals surface area contributed by atoms with Gasteiger partial charge in [0, 0.05) is 30.8 Å². The van der Waals surface area contributed by atoms with E-state index in [2.05, 4.69) is 9.88 Å². The number of benzene rings is 1. The molecular formula is C26H33F3N4O3S2. The van der Waals surface area contributed by atoms with Crippen LogP contribution in [0.2, 0.25) is 0 Å². The van der Waals surface area contributed by atoms with E-state index in [9.17, 15) is 22.8 Å². The normalized spacial score (nSPS) is 23.9. The molecule has 0 N–H and O–H groups in total. The first-order chi connectivity index (χ1) is 17.9. The van der Waals surface area contributed by atoms with Gasteiger partial charge in [0.15, 0.2) is 0 Å². The molecule has 0 unspecified atom stereocenters. The van der Waals surface area contributed by atoms with E-state index >= 15 is 0 Å². The molecule has 2 atom stereocenters. The number of amides is 2. The van der Waals surface area contributed by atoms with Crippen LogP contribution in [0.25, 0.3) is 10.2 Å². The Bertz CT molecular complexity index is 1180. The van der Waals surface area contributed by atoms with Crippen LogP contribution >= 0.6 is 23.1 Å². The van der Waals surface area contributed by atoms with Crippen LogP contribution in [0, 0.1) is 0 Å². The average Bonchev–Trinajstić information content (AvgIpc) is 3.61. The van der Waals surface area contributed by atoms with Gasteiger partial charge in [0.25, 0.3) is 0 Å². The number of piperidine rings is 1. The highest BCUT2D eigenvalue weighted by Gasteiger charge is 2.45. The summed E-state index contributed by atoms with van der Waals surface area (Å²) in [7, 11) is 0. The van der Waals surface area contributed by atoms with E-state index < -0.39 is 29.5 Å². The van der Waals surface area contributed by atoms with Gasteiger partial charge in [-0.25, -0.2) is 9.78 Å². The summed E-state index contributed by atoms with van der Waals surface area (Å²) in [5.74, 6) is 1.73. The van der Waals surface area contributed by atoms with E-state index in [1.807, 2.05) is 25.7 Å². The monoisotopic (exact) mass is 570 g/mol. The molecule has 2 amide bonds. The lowest BCUT2D eigenvalue weighted by Crippen LogP contribution is -2.48. The number of carbonyl (C=O) groups excluding carboxylic acids is 2. The number of thioether (sulfide) groups is 1. The number of hydrogen-bond acceptors (Lipinski definition) is 7. The van der Waals surface area contributed by atoms with Crippen molar-refractivity contribution in [2.45, 2.75) is 69.8 Å². The standard InChI is InChI=1S/C26H33F3N4O3S2/c1-25(2,3)36-24(35)33-14-18(13-20(33)23(34)32-10-11-37-15-32)31-8-6-16(7-9-31)22-30-19-12-17(26(27,28)29)4-5-21(19)38-22/h4-5,12,16,18,20H,6-11,13-15H2,1-3H3/t18-,20-/m0/s1. The Balaban J connectivity index is 1.25. The van der Waals surface area contributed by atoms with Gasteiger partial charge >= 0.3 is 12.3 Å². The number of ether oxygens (including phenoxy) is 1. The summed E-state index contributed by atoms with van der Waals surface area (Å²) < 4.78 is 45.7. The molecule has 7 nitrogen and oxygen atoms in total. The van der Waals surface area contributed by atoms with Crippen LogP contribution < -0.4 is 0 Å². The summed E-state index contributed by atoms with van der Waals surface area (Å²) in [6, 6.07) is 3.27. The maximum absolute atomic E-state index is 13.3. The lowest BCUT2D eigenvalue weighted by Gasteiger charge is -2.35. The molecule has 1 aromatic carbocycles. The van der Waals surface area contributed by atoms with Gasteiger partial charge in [0.2, 0.25) is 5.91 Å². The topological polar surface area (TPSA) is 66.0 Å². The summed E-state index contributed by atoms with van der Waals surface area (Å²) in [6.45, 7) is 8.17. The molecule has 0 bridgehead atoms. The third-order valence-corrected chi connectivity index (χ3v) is 9.55. The predicted molar refractivity (Wildman–Crippen MR) is 142 cm³/mol. The Kier molecular flexibility index (Phi) is 7.60. The first-order valence-corrected chi connectivity index (χ1v) is 14.9. The third-order valence-electron chi connectivity index (χ3n) is 7.38. The zero-order chi connectivity index (χ0) is 27.2. The molecule has 3 saturated heterocycles. The van der Waals surface area contributed by atoms with Crippen molar-refractivity contribution >= 4 is 45.3 Å². The highest BCUT2D eigenvalue weighted by atomic mass is 32.2. The van der Waals surface area contributed by atoms with Crippen molar-refractivity contribution in [2.24, 2.45) is 0 Å². The highest BCUT2D eigenvalue weighted by Crippen LogP contribution is 2.38. The summed E-state index contributed by atoms with van der Waals surface area (Å²) in [5, 5.41) is 0.875. The SMILES string of the molecule is CC(C)(C)OC(=O)N1C[C@@H](N2CCC(c3nc4cc(C(F)(F)F)ccc4s3)CC2)C[C@H]1C(=O)N1CCSC1. The molecule has 0 radical (unpaired) electrons. The molecule has 3 aliphatic heterocycles. The van der Waals surface area contributed by atoms with E-state index in [0.717, 1.165) is 53.5 Å². The summed E-state index contributed by atoms with van der Waals surface area (Å²) in [4.78, 5) is 36.7. The van der Waals surface area contributed by atoms with Crippen molar-refractivity contribution in [2.75, 3.05) is 37.8 Å². The largest absolute Gasteiger partial charge is 0.444 e. The maximum Gasteiger partial charge on any atom is 0.416 e. The molecule has 3 fully saturated rings. The Labute approximate surface area is 228 Å². The number of aromatic nitrogens is 1. The summed E-state index contributed by atoms with van der Waals surface area (Å²) in [6.07, 6.45) is -2.60. The predicted octanol–water partition coefficient (Wildman–Crippen LogP) is 5.41. The Morgan fingerprint density at radius 1 is 1.11 bits per heavy atom. The smallest absolute Gasteiger partial charge is 0.416 e. The minimum atomic E-state index is -4.38. The zero-order valence-corrected chi connectivity index (χ0v) is 23.4. The quantitative estimate of drug-likeness (QED) is 0.492. The zero-order valence-electron chi connectivity index (χ0n) is 21.8. The second-order valence-corrected chi connectivity index (χ2v) is 13.4. The van der Waals surface area contributed by atoms with Crippen LogP contribution in [0.5, 0.6) is 0 Å². The molecule has 4 heterocycles. The number of fused-ring (bicyclic) bond motifs is 1. The van der Waals surface area contributed by atoms with Gasteiger partial charge in [-0.05, 0) is 71.3 Å². The van der Waals surface area contributed by atoms with Crippen molar-refractivity contribution < 1.29 is 27.5 Å². The molecule has 0 aliphatic carbocycles. The van der Waals surface area contributed by atoms with Gasteiger partial charge in [-0.15, -0.1) is 23.1 Å². The van der Waals surface area contributed by atoms with Gasteiger partial charge in [-0.2, -0.15) is 13.2 Å². The second kappa shape index (κ2) is 10.5. The molecule has 12 heteroatoms. The molecule has 38 heavy (non-hydrogen) atoms. The van der Waals surface area contributed by atoms with E-state index in [-0.39, 0.29) is 17.9 Å². The van der Waals surface area contributed by atoms with Crippen molar-refractivity contribution in [3.05, 3.63) is 28.8 Å². The molecule has 1 aromatic heterocycles. The average molecular weight is 571 g/mol. The van der Waals surface area contributed by atoms with Gasteiger partial charge in [0.1, 0.15) is 11.6 Å². The summed E-state index contributed by atoms with van der Waals surface area (Å²) in [5.41, 5.74) is -0.931. The lowest BCUT2D eigenvalue weighted by molar-refractivity contribution is -0.137. The van der Waals surface area contributed by atoms with Crippen LogP contribution in [-0.4, -0.2) is 87.2 Å². The molecule has 0 spiro atoms. The molecule has 208 valence electrons. The molecule has 2 aromatic rings. The fourth-order valence-electron chi connectivity index (χ4n) is 5.44. The number of halogens is 3. The van der Waals surface area contributed by atoms with Crippen molar-refractivity contribution in [3.63, 3.8) is 0 Å². The minimum absolute atomic E-state index is 0.00838. The number of nitrogens with zero attached hydrogens (tertiary/aromatic N) is 4. The van der Waals surface area contributed by atoms with Crippen LogP contribution in [0.4, 0.5) is 18.0 Å². The Morgan fingerprint density at radius 3 is 2.47 bits per heavy atom. The number of carbonyl (C=O) groups is 2. The minimum Gasteiger partial charge on any atom is -0.444 e. The number of rotatable bonds is 3. The second-order valence-electron chi connectivity index (χ2n) is 11.2. The summed E-state index contributed by atoms with van der Waals surface area (Å²) >= 11 is 3.18.